The lowest BCUT2D eigenvalue weighted by Crippen LogP contribution is -2.31. The number of nitrogens with one attached hydrogen (secondary N) is 2. The molecule has 2 aromatic carbocycles. The molecular weight excluding hydrogens is 390 g/mol. The number of rotatable bonds is 9. The second-order valence-electron chi connectivity index (χ2n) is 7.38. The van der Waals surface area contributed by atoms with Crippen molar-refractivity contribution in [3.05, 3.63) is 59.2 Å². The summed E-state index contributed by atoms with van der Waals surface area (Å²) in [4.78, 5) is 14.6. The molecule has 0 spiro atoms. The Balaban J connectivity index is 2.14. The SMILES string of the molecule is COc1ccc(C(=O)NCc2ccc(CN(C)C)cc2)cc1S(=O)(=O)NC(C)C. The summed E-state index contributed by atoms with van der Waals surface area (Å²) < 4.78 is 32.8. The zero-order valence-corrected chi connectivity index (χ0v) is 18.3. The Hall–Kier alpha value is -2.42. The van der Waals surface area contributed by atoms with E-state index in [2.05, 4.69) is 14.9 Å². The molecule has 7 nitrogen and oxygen atoms in total. The lowest BCUT2D eigenvalue weighted by Gasteiger charge is -2.14. The van der Waals surface area contributed by atoms with E-state index in [9.17, 15) is 13.2 Å². The van der Waals surface area contributed by atoms with Crippen molar-refractivity contribution >= 4 is 15.9 Å². The minimum Gasteiger partial charge on any atom is -0.495 e. The van der Waals surface area contributed by atoms with Gasteiger partial charge in [-0.2, -0.15) is 0 Å². The first-order valence-electron chi connectivity index (χ1n) is 9.33. The van der Waals surface area contributed by atoms with E-state index in [1.165, 1.54) is 24.8 Å². The third-order valence-corrected chi connectivity index (χ3v) is 5.76. The molecule has 0 aliphatic heterocycles. The van der Waals surface area contributed by atoms with Crippen molar-refractivity contribution in [3.8, 4) is 5.75 Å². The van der Waals surface area contributed by atoms with Crippen molar-refractivity contribution in [2.75, 3.05) is 21.2 Å². The molecule has 0 saturated carbocycles. The van der Waals surface area contributed by atoms with E-state index < -0.39 is 10.0 Å². The lowest BCUT2D eigenvalue weighted by molar-refractivity contribution is 0.0950. The van der Waals surface area contributed by atoms with Crippen LogP contribution < -0.4 is 14.8 Å². The van der Waals surface area contributed by atoms with E-state index in [-0.39, 0.29) is 28.2 Å². The van der Waals surface area contributed by atoms with Gasteiger partial charge in [0.05, 0.1) is 7.11 Å². The van der Waals surface area contributed by atoms with E-state index in [0.717, 1.165) is 12.1 Å². The number of hydrogen-bond acceptors (Lipinski definition) is 5. The van der Waals surface area contributed by atoms with Gasteiger partial charge in [0.1, 0.15) is 10.6 Å². The van der Waals surface area contributed by atoms with Gasteiger partial charge in [0.15, 0.2) is 0 Å². The monoisotopic (exact) mass is 419 g/mol. The predicted molar refractivity (Wildman–Crippen MR) is 113 cm³/mol. The number of sulfonamides is 1. The molecule has 0 atom stereocenters. The highest BCUT2D eigenvalue weighted by Crippen LogP contribution is 2.25. The van der Waals surface area contributed by atoms with Gasteiger partial charge in [0, 0.05) is 24.7 Å². The van der Waals surface area contributed by atoms with Crippen LogP contribution in [-0.4, -0.2) is 46.5 Å². The van der Waals surface area contributed by atoms with Gasteiger partial charge in [-0.05, 0) is 57.3 Å². The molecule has 2 N–H and O–H groups in total. The lowest BCUT2D eigenvalue weighted by atomic mass is 10.1. The largest absolute Gasteiger partial charge is 0.495 e. The molecule has 0 saturated heterocycles. The van der Waals surface area contributed by atoms with Crippen LogP contribution in [0.2, 0.25) is 0 Å². The fraction of sp³-hybridized carbons (Fsp3) is 0.381. The Labute approximate surface area is 173 Å². The first-order valence-corrected chi connectivity index (χ1v) is 10.8. The molecule has 8 heteroatoms. The van der Waals surface area contributed by atoms with Gasteiger partial charge in [-0.15, -0.1) is 0 Å². The molecule has 2 rings (SSSR count). The minimum atomic E-state index is -3.80. The Kier molecular flexibility index (Phi) is 7.78. The van der Waals surface area contributed by atoms with Gasteiger partial charge >= 0.3 is 0 Å². The van der Waals surface area contributed by atoms with Gasteiger partial charge in [0.2, 0.25) is 10.0 Å². The van der Waals surface area contributed by atoms with E-state index in [0.29, 0.717) is 6.54 Å². The molecule has 0 aromatic heterocycles. The maximum atomic E-state index is 12.6. The summed E-state index contributed by atoms with van der Waals surface area (Å²) in [5.74, 6) is -0.169. The average molecular weight is 420 g/mol. The molecule has 0 bridgehead atoms. The molecule has 0 radical (unpaired) electrons. The van der Waals surface area contributed by atoms with Crippen molar-refractivity contribution < 1.29 is 17.9 Å². The summed E-state index contributed by atoms with van der Waals surface area (Å²) in [6.45, 7) is 4.65. The zero-order valence-electron chi connectivity index (χ0n) is 17.5. The van der Waals surface area contributed by atoms with Crippen molar-refractivity contribution in [3.63, 3.8) is 0 Å². The number of carbonyl (C=O) groups excluding carboxylic acids is 1. The summed E-state index contributed by atoms with van der Waals surface area (Å²) in [6.07, 6.45) is 0. The first-order chi connectivity index (χ1) is 13.6. The minimum absolute atomic E-state index is 0.0608. The van der Waals surface area contributed by atoms with Crippen LogP contribution in [0.5, 0.6) is 5.75 Å². The summed E-state index contributed by atoms with van der Waals surface area (Å²) in [7, 11) is 1.61. The van der Waals surface area contributed by atoms with Crippen molar-refractivity contribution in [2.45, 2.75) is 37.9 Å². The fourth-order valence-corrected chi connectivity index (χ4v) is 4.26. The topological polar surface area (TPSA) is 87.7 Å². The quantitative estimate of drug-likeness (QED) is 0.652. The normalized spacial score (nSPS) is 11.7. The standard InChI is InChI=1S/C21H29N3O4S/c1-15(2)23-29(26,27)20-12-18(10-11-19(20)28-5)21(25)22-13-16-6-8-17(9-7-16)14-24(3)4/h6-12,15,23H,13-14H2,1-5H3,(H,22,25). The Morgan fingerprint density at radius 3 is 2.24 bits per heavy atom. The molecule has 0 unspecified atom stereocenters. The van der Waals surface area contributed by atoms with Crippen LogP contribution in [0.3, 0.4) is 0 Å². The van der Waals surface area contributed by atoms with E-state index >= 15 is 0 Å². The first kappa shape index (κ1) is 22.9. The highest BCUT2D eigenvalue weighted by Gasteiger charge is 2.22. The van der Waals surface area contributed by atoms with Crippen LogP contribution in [0.25, 0.3) is 0 Å². The smallest absolute Gasteiger partial charge is 0.251 e. The molecule has 0 aliphatic rings. The van der Waals surface area contributed by atoms with Gasteiger partial charge in [-0.1, -0.05) is 24.3 Å². The molecule has 2 aromatic rings. The van der Waals surface area contributed by atoms with E-state index in [1.54, 1.807) is 19.9 Å². The Morgan fingerprint density at radius 2 is 1.69 bits per heavy atom. The Bertz CT molecular complexity index is 939. The van der Waals surface area contributed by atoms with Crippen molar-refractivity contribution in [1.82, 2.24) is 14.9 Å². The Morgan fingerprint density at radius 1 is 1.07 bits per heavy atom. The molecule has 0 aliphatic carbocycles. The number of hydrogen-bond donors (Lipinski definition) is 2. The summed E-state index contributed by atoms with van der Waals surface area (Å²) in [5, 5.41) is 2.83. The van der Waals surface area contributed by atoms with Crippen LogP contribution in [0.15, 0.2) is 47.4 Å². The molecule has 29 heavy (non-hydrogen) atoms. The number of amides is 1. The van der Waals surface area contributed by atoms with Crippen LogP contribution >= 0.6 is 0 Å². The third-order valence-electron chi connectivity index (χ3n) is 4.08. The second kappa shape index (κ2) is 9.87. The highest BCUT2D eigenvalue weighted by atomic mass is 32.2. The van der Waals surface area contributed by atoms with Crippen LogP contribution in [-0.2, 0) is 23.1 Å². The number of nitrogens with zero attached hydrogens (tertiary/aromatic N) is 1. The maximum Gasteiger partial charge on any atom is 0.251 e. The van der Waals surface area contributed by atoms with Crippen LogP contribution in [0, 0.1) is 0 Å². The van der Waals surface area contributed by atoms with Crippen molar-refractivity contribution in [1.29, 1.82) is 0 Å². The van der Waals surface area contributed by atoms with Gasteiger partial charge in [0.25, 0.3) is 5.91 Å². The summed E-state index contributed by atoms with van der Waals surface area (Å²) in [6, 6.07) is 12.1. The van der Waals surface area contributed by atoms with Crippen LogP contribution in [0.1, 0.15) is 35.3 Å². The van der Waals surface area contributed by atoms with Crippen molar-refractivity contribution in [2.24, 2.45) is 0 Å². The number of ether oxygens (including phenoxy) is 1. The molecular formula is C21H29N3O4S. The van der Waals surface area contributed by atoms with E-state index in [1.807, 2.05) is 38.4 Å². The summed E-state index contributed by atoms with van der Waals surface area (Å²) in [5.41, 5.74) is 2.40. The average Bonchev–Trinajstić information content (AvgIpc) is 2.65. The number of methoxy groups -OCH3 is 1. The predicted octanol–water partition coefficient (Wildman–Crippen LogP) is 2.37. The number of benzene rings is 2. The third kappa shape index (κ3) is 6.56. The summed E-state index contributed by atoms with van der Waals surface area (Å²) >= 11 is 0. The van der Waals surface area contributed by atoms with Gasteiger partial charge < -0.3 is 15.0 Å². The van der Waals surface area contributed by atoms with Crippen LogP contribution in [0.4, 0.5) is 0 Å². The second-order valence-corrected chi connectivity index (χ2v) is 9.06. The zero-order chi connectivity index (χ0) is 21.6. The highest BCUT2D eigenvalue weighted by molar-refractivity contribution is 7.89. The van der Waals surface area contributed by atoms with E-state index in [4.69, 9.17) is 4.74 Å². The molecule has 158 valence electrons. The van der Waals surface area contributed by atoms with Gasteiger partial charge in [-0.3, -0.25) is 4.79 Å². The molecule has 0 fully saturated rings. The maximum absolute atomic E-state index is 12.6. The number of carbonyl (C=O) groups is 1. The van der Waals surface area contributed by atoms with Gasteiger partial charge in [-0.25, -0.2) is 13.1 Å². The fourth-order valence-electron chi connectivity index (χ4n) is 2.81. The molecule has 1 amide bonds. The molecule has 0 heterocycles.